The minimum atomic E-state index is -0.967. The van der Waals surface area contributed by atoms with E-state index in [-0.39, 0.29) is 11.0 Å². The van der Waals surface area contributed by atoms with Crippen molar-refractivity contribution in [2.75, 3.05) is 0 Å². The maximum atomic E-state index is 12.0. The second-order valence-corrected chi connectivity index (χ2v) is 17.8. The number of H-pyrrole nitrogens is 2. The van der Waals surface area contributed by atoms with Gasteiger partial charge in [0.1, 0.15) is 0 Å². The van der Waals surface area contributed by atoms with E-state index in [1.165, 1.54) is 38.9 Å². The van der Waals surface area contributed by atoms with E-state index in [0.29, 0.717) is 0 Å². The van der Waals surface area contributed by atoms with Crippen LogP contribution in [0.5, 0.6) is 0 Å². The number of rotatable bonds is 5. The van der Waals surface area contributed by atoms with Crippen LogP contribution in [-0.2, 0) is 5.41 Å². The molecule has 0 saturated carbocycles. The van der Waals surface area contributed by atoms with Gasteiger partial charge < -0.3 is 15.1 Å². The van der Waals surface area contributed by atoms with Crippen LogP contribution in [0.3, 0.4) is 0 Å². The smallest absolute Gasteiger partial charge is 0.335 e. The van der Waals surface area contributed by atoms with E-state index < -0.39 is 5.97 Å². The lowest BCUT2D eigenvalue weighted by atomic mass is 9.86. The minimum absolute atomic E-state index is 0.00967. The molecule has 0 spiro atoms. The molecule has 9 rings (SSSR count). The summed E-state index contributed by atoms with van der Waals surface area (Å²) in [5.41, 5.74) is 23.7. The molecule has 5 heterocycles. The summed E-state index contributed by atoms with van der Waals surface area (Å²) >= 11 is 0. The van der Waals surface area contributed by atoms with Gasteiger partial charge in [0.25, 0.3) is 0 Å². The second-order valence-electron chi connectivity index (χ2n) is 17.8. The van der Waals surface area contributed by atoms with Gasteiger partial charge in [-0.25, -0.2) is 14.8 Å². The Labute approximate surface area is 357 Å². The van der Waals surface area contributed by atoms with Crippen molar-refractivity contribution in [1.29, 1.82) is 0 Å². The van der Waals surface area contributed by atoms with Crippen molar-refractivity contribution in [2.45, 2.75) is 67.7 Å². The topological polar surface area (TPSA) is 94.7 Å². The molecule has 61 heavy (non-hydrogen) atoms. The van der Waals surface area contributed by atoms with Crippen molar-refractivity contribution in [2.24, 2.45) is 0 Å². The Hall–Kier alpha value is -7.05. The van der Waals surface area contributed by atoms with Gasteiger partial charge in [0, 0.05) is 44.3 Å². The zero-order valence-electron chi connectivity index (χ0n) is 36.3. The third-order valence-corrected chi connectivity index (χ3v) is 12.1. The highest BCUT2D eigenvalue weighted by atomic mass is 16.4. The quantitative estimate of drug-likeness (QED) is 0.162. The Kier molecular flexibility index (Phi) is 9.62. The van der Waals surface area contributed by atoms with Crippen molar-refractivity contribution >= 4 is 52.3 Å². The van der Waals surface area contributed by atoms with Gasteiger partial charge in [0.2, 0.25) is 0 Å². The molecule has 6 heteroatoms. The van der Waals surface area contributed by atoms with E-state index in [0.717, 1.165) is 89.4 Å². The number of aryl methyl sites for hydroxylation is 6. The van der Waals surface area contributed by atoms with Gasteiger partial charge in [0.05, 0.1) is 28.3 Å². The maximum absolute atomic E-state index is 12.0. The van der Waals surface area contributed by atoms with Crippen LogP contribution >= 0.6 is 0 Å². The third kappa shape index (κ3) is 7.12. The summed E-state index contributed by atoms with van der Waals surface area (Å²) in [5, 5.41) is 9.80. The first-order valence-electron chi connectivity index (χ1n) is 20.9. The molecule has 2 aliphatic rings. The molecule has 0 atom stereocenters. The fraction of sp³-hybridized carbons (Fsp3) is 0.182. The van der Waals surface area contributed by atoms with Crippen molar-refractivity contribution in [3.8, 4) is 44.5 Å². The lowest BCUT2D eigenvalue weighted by Gasteiger charge is -2.19. The maximum Gasteiger partial charge on any atom is 0.335 e. The molecule has 3 N–H and O–H groups in total. The third-order valence-electron chi connectivity index (χ3n) is 12.1. The molecule has 4 aromatic carbocycles. The lowest BCUT2D eigenvalue weighted by Crippen LogP contribution is -2.10. The fourth-order valence-electron chi connectivity index (χ4n) is 9.40. The normalized spacial score (nSPS) is 12.3. The number of nitrogens with zero attached hydrogens (tertiary/aromatic N) is 2. The molecule has 2 aliphatic heterocycles. The van der Waals surface area contributed by atoms with Crippen LogP contribution in [0.25, 0.3) is 90.9 Å². The lowest BCUT2D eigenvalue weighted by molar-refractivity contribution is 0.0697. The number of hydrogen-bond acceptors (Lipinski definition) is 3. The number of nitrogens with one attached hydrogen (secondary N) is 2. The van der Waals surface area contributed by atoms with Crippen LogP contribution in [-0.4, -0.2) is 31.0 Å². The Morgan fingerprint density at radius 1 is 0.459 bits per heavy atom. The van der Waals surface area contributed by atoms with Gasteiger partial charge >= 0.3 is 5.97 Å². The first kappa shape index (κ1) is 39.4. The number of hydrogen-bond donors (Lipinski definition) is 3. The number of carboxylic acid groups (broad SMARTS) is 1. The standard InChI is InChI=1S/C55H50N4O2/c1-30-26-32(3)48(33(4)27-30)52-44-22-18-40(56-44)50(36-10-12-38(13-11-36)54(60)61)41-19-23-45(57-41)53(49-34(5)28-31(2)29-35(49)6)47-25-21-43(59-47)51(42-20-24-46(52)58-42)37-14-16-39(17-15-37)55(7,8)9/h10-29,56,59H,1-9H3,(H,60,61). The van der Waals surface area contributed by atoms with Gasteiger partial charge in [0.15, 0.2) is 0 Å². The van der Waals surface area contributed by atoms with Gasteiger partial charge in [-0.15, -0.1) is 0 Å². The van der Waals surface area contributed by atoms with E-state index in [2.05, 4.69) is 169 Å². The Morgan fingerprint density at radius 3 is 1.13 bits per heavy atom. The molecule has 0 fully saturated rings. The molecule has 0 amide bonds. The second kappa shape index (κ2) is 14.9. The van der Waals surface area contributed by atoms with Gasteiger partial charge in [-0.1, -0.05) is 92.6 Å². The summed E-state index contributed by atoms with van der Waals surface area (Å²) in [7, 11) is 0. The molecule has 6 nitrogen and oxygen atoms in total. The number of aromatic nitrogens is 4. The number of aromatic carboxylic acids is 1. The van der Waals surface area contributed by atoms with Crippen molar-refractivity contribution < 1.29 is 9.90 Å². The van der Waals surface area contributed by atoms with E-state index in [4.69, 9.17) is 9.97 Å². The molecular formula is C55H50N4O2. The molecule has 0 radical (unpaired) electrons. The highest BCUT2D eigenvalue weighted by Crippen LogP contribution is 2.41. The van der Waals surface area contributed by atoms with Crippen LogP contribution in [0, 0.1) is 41.5 Å². The molecule has 0 aliphatic carbocycles. The highest BCUT2D eigenvalue weighted by Gasteiger charge is 2.22. The largest absolute Gasteiger partial charge is 0.478 e. The predicted molar refractivity (Wildman–Crippen MR) is 255 cm³/mol. The number of benzene rings is 4. The monoisotopic (exact) mass is 798 g/mol. The number of carbonyl (C=O) groups is 1. The molecular weight excluding hydrogens is 749 g/mol. The van der Waals surface area contributed by atoms with E-state index >= 15 is 0 Å². The summed E-state index contributed by atoms with van der Waals surface area (Å²) in [5.74, 6) is -0.967. The average Bonchev–Trinajstić information content (AvgIpc) is 4.04. The predicted octanol–water partition coefficient (Wildman–Crippen LogP) is 14.2. The van der Waals surface area contributed by atoms with Crippen LogP contribution in [0.1, 0.15) is 92.8 Å². The van der Waals surface area contributed by atoms with Crippen LogP contribution in [0.15, 0.2) is 97.1 Å². The number of aromatic amines is 2. The van der Waals surface area contributed by atoms with Crippen molar-refractivity contribution in [1.82, 2.24) is 19.9 Å². The molecule has 0 saturated heterocycles. The molecule has 0 unspecified atom stereocenters. The van der Waals surface area contributed by atoms with E-state index in [9.17, 15) is 9.90 Å². The summed E-state index contributed by atoms with van der Waals surface area (Å²) in [6.45, 7) is 19.7. The van der Waals surface area contributed by atoms with Crippen LogP contribution < -0.4 is 0 Å². The zero-order valence-corrected chi connectivity index (χ0v) is 36.3. The Balaban J connectivity index is 1.48. The molecule has 8 bridgehead atoms. The van der Waals surface area contributed by atoms with Crippen molar-refractivity contribution in [3.05, 3.63) is 164 Å². The first-order valence-corrected chi connectivity index (χ1v) is 20.9. The van der Waals surface area contributed by atoms with E-state index in [1.54, 1.807) is 12.1 Å². The van der Waals surface area contributed by atoms with E-state index in [1.807, 2.05) is 12.1 Å². The first-order chi connectivity index (χ1) is 29.1. The summed E-state index contributed by atoms with van der Waals surface area (Å²) in [6.07, 6.45) is 8.48. The van der Waals surface area contributed by atoms with Crippen LogP contribution in [0.4, 0.5) is 0 Å². The average molecular weight is 799 g/mol. The fourth-order valence-corrected chi connectivity index (χ4v) is 9.40. The van der Waals surface area contributed by atoms with Gasteiger partial charge in [-0.2, -0.15) is 0 Å². The molecule has 7 aromatic rings. The Bertz CT molecular complexity index is 3080. The molecule has 302 valence electrons. The molecule has 3 aromatic heterocycles. The van der Waals surface area contributed by atoms with Gasteiger partial charge in [-0.3, -0.25) is 0 Å². The minimum Gasteiger partial charge on any atom is -0.478 e. The number of fused-ring (bicyclic) bond motifs is 8. The summed E-state index contributed by atoms with van der Waals surface area (Å²) < 4.78 is 0. The van der Waals surface area contributed by atoms with Gasteiger partial charge in [-0.05, 0) is 158 Å². The number of carboxylic acids is 1. The SMILES string of the molecule is Cc1cc(C)c(-c2c3nc(c(-c4ccc(C(C)(C)C)cc4)c4ccc([nH]4)c(-c4c(C)cc(C)cc4C)c4nc(c(-c5ccc(C(=O)O)cc5)c5ccc2[nH]5)C=C4)C=C3)c(C)c1. The summed E-state index contributed by atoms with van der Waals surface area (Å²) in [4.78, 5) is 30.7. The Morgan fingerprint density at radius 2 is 0.787 bits per heavy atom. The zero-order chi connectivity index (χ0) is 42.9. The van der Waals surface area contributed by atoms with Crippen molar-refractivity contribution in [3.63, 3.8) is 0 Å². The van der Waals surface area contributed by atoms with Crippen LogP contribution in [0.2, 0.25) is 0 Å². The summed E-state index contributed by atoms with van der Waals surface area (Å²) in [6, 6.07) is 33.5. The highest BCUT2D eigenvalue weighted by molar-refractivity contribution is 6.01.